The Morgan fingerprint density at radius 3 is 2.83 bits per heavy atom. The molecule has 12 heavy (non-hydrogen) atoms. The third-order valence-electron chi connectivity index (χ3n) is 2.22. The monoisotopic (exact) mass is 172 g/mol. The van der Waals surface area contributed by atoms with Crippen molar-refractivity contribution in [2.45, 2.75) is 19.8 Å². The molecule has 1 aliphatic heterocycles. The van der Waals surface area contributed by atoms with E-state index in [0.717, 1.165) is 0 Å². The van der Waals surface area contributed by atoms with Crippen molar-refractivity contribution in [3.8, 4) is 0 Å². The zero-order valence-electron chi connectivity index (χ0n) is 6.95. The maximum atomic E-state index is 11.0. The molecule has 0 aromatic rings. The molecule has 0 saturated carbocycles. The summed E-state index contributed by atoms with van der Waals surface area (Å²) in [5.41, 5.74) is 0. The molecule has 0 bridgehead atoms. The van der Waals surface area contributed by atoms with Gasteiger partial charge in [0.1, 0.15) is 0 Å². The first kappa shape index (κ1) is 9.03. The van der Waals surface area contributed by atoms with E-state index in [9.17, 15) is 9.59 Å². The molecule has 0 aliphatic carbocycles. The number of cyclic esters (lactones) is 1. The van der Waals surface area contributed by atoms with Crippen LogP contribution in [0.1, 0.15) is 19.8 Å². The second-order valence-corrected chi connectivity index (χ2v) is 2.92. The topological polar surface area (TPSA) is 63.6 Å². The number of carboxylic acids is 1. The molecule has 2 unspecified atom stereocenters. The average Bonchev–Trinajstić information content (AvgIpc) is 2.38. The fourth-order valence-electron chi connectivity index (χ4n) is 1.51. The van der Waals surface area contributed by atoms with E-state index in [-0.39, 0.29) is 5.97 Å². The first-order chi connectivity index (χ1) is 5.66. The van der Waals surface area contributed by atoms with E-state index in [0.29, 0.717) is 19.4 Å². The molecule has 1 N–H and O–H groups in total. The van der Waals surface area contributed by atoms with Gasteiger partial charge in [-0.15, -0.1) is 0 Å². The van der Waals surface area contributed by atoms with Crippen molar-refractivity contribution in [3.63, 3.8) is 0 Å². The normalized spacial score (nSPS) is 25.1. The Kier molecular flexibility index (Phi) is 2.68. The Labute approximate surface area is 70.5 Å². The van der Waals surface area contributed by atoms with Gasteiger partial charge in [-0.2, -0.15) is 0 Å². The summed E-state index contributed by atoms with van der Waals surface area (Å²) in [4.78, 5) is 21.6. The van der Waals surface area contributed by atoms with Crippen LogP contribution in [0, 0.1) is 11.8 Å². The van der Waals surface area contributed by atoms with Crippen LogP contribution in [0.15, 0.2) is 0 Å². The molecule has 0 spiro atoms. The predicted molar refractivity (Wildman–Crippen MR) is 40.5 cm³/mol. The van der Waals surface area contributed by atoms with Gasteiger partial charge in [0, 0.05) is 0 Å². The summed E-state index contributed by atoms with van der Waals surface area (Å²) in [5, 5.41) is 8.74. The minimum atomic E-state index is -0.902. The number of carbonyl (C=O) groups excluding carboxylic acids is 1. The van der Waals surface area contributed by atoms with Gasteiger partial charge in [-0.05, 0) is 12.8 Å². The lowest BCUT2D eigenvalue weighted by Gasteiger charge is -2.12. The SMILES string of the molecule is CCC(C(=O)O)C1CCOC1=O. The Balaban J connectivity index is 2.65. The van der Waals surface area contributed by atoms with E-state index < -0.39 is 17.8 Å². The second-order valence-electron chi connectivity index (χ2n) is 2.92. The molecular weight excluding hydrogens is 160 g/mol. The number of ether oxygens (including phenoxy) is 1. The Hall–Kier alpha value is -1.06. The molecule has 1 rings (SSSR count). The maximum Gasteiger partial charge on any atom is 0.309 e. The average molecular weight is 172 g/mol. The number of aliphatic carboxylic acids is 1. The molecule has 1 aliphatic rings. The number of hydrogen-bond donors (Lipinski definition) is 1. The quantitative estimate of drug-likeness (QED) is 0.635. The largest absolute Gasteiger partial charge is 0.481 e. The van der Waals surface area contributed by atoms with Crippen molar-refractivity contribution in [2.24, 2.45) is 11.8 Å². The smallest absolute Gasteiger partial charge is 0.309 e. The lowest BCUT2D eigenvalue weighted by molar-refractivity contribution is -0.151. The van der Waals surface area contributed by atoms with Crippen molar-refractivity contribution in [2.75, 3.05) is 6.61 Å². The molecule has 4 heteroatoms. The van der Waals surface area contributed by atoms with Gasteiger partial charge in [0.2, 0.25) is 0 Å². The third-order valence-corrected chi connectivity index (χ3v) is 2.22. The molecule has 0 aromatic carbocycles. The van der Waals surface area contributed by atoms with E-state index in [1.165, 1.54) is 0 Å². The van der Waals surface area contributed by atoms with Crippen LogP contribution in [0.5, 0.6) is 0 Å². The van der Waals surface area contributed by atoms with E-state index in [1.807, 2.05) is 0 Å². The summed E-state index contributed by atoms with van der Waals surface area (Å²) in [6.45, 7) is 2.14. The number of hydrogen-bond acceptors (Lipinski definition) is 3. The van der Waals surface area contributed by atoms with E-state index in [4.69, 9.17) is 9.84 Å². The maximum absolute atomic E-state index is 11.0. The van der Waals surface area contributed by atoms with Crippen molar-refractivity contribution in [3.05, 3.63) is 0 Å². The number of esters is 1. The van der Waals surface area contributed by atoms with E-state index in [1.54, 1.807) is 6.92 Å². The summed E-state index contributed by atoms with van der Waals surface area (Å²) in [6.07, 6.45) is 1.03. The number of carboxylic acid groups (broad SMARTS) is 1. The molecule has 1 saturated heterocycles. The van der Waals surface area contributed by atoms with Crippen molar-refractivity contribution in [1.29, 1.82) is 0 Å². The molecule has 0 amide bonds. The Bertz CT molecular complexity index is 199. The fraction of sp³-hybridized carbons (Fsp3) is 0.750. The second kappa shape index (κ2) is 3.56. The third kappa shape index (κ3) is 1.57. The molecule has 1 fully saturated rings. The molecule has 0 radical (unpaired) electrons. The highest BCUT2D eigenvalue weighted by Gasteiger charge is 2.37. The van der Waals surface area contributed by atoms with Gasteiger partial charge >= 0.3 is 11.9 Å². The molecule has 0 aromatic heterocycles. The van der Waals surface area contributed by atoms with Crippen LogP contribution in [0.2, 0.25) is 0 Å². The van der Waals surface area contributed by atoms with Crippen LogP contribution in [0.3, 0.4) is 0 Å². The summed E-state index contributed by atoms with van der Waals surface area (Å²) < 4.78 is 4.70. The van der Waals surface area contributed by atoms with Gasteiger partial charge in [0.25, 0.3) is 0 Å². The van der Waals surface area contributed by atoms with Gasteiger partial charge in [0.15, 0.2) is 0 Å². The van der Waals surface area contributed by atoms with Gasteiger partial charge < -0.3 is 9.84 Å². The molecule has 1 heterocycles. The van der Waals surface area contributed by atoms with Crippen molar-refractivity contribution < 1.29 is 19.4 Å². The lowest BCUT2D eigenvalue weighted by atomic mass is 9.89. The van der Waals surface area contributed by atoms with Gasteiger partial charge in [-0.3, -0.25) is 9.59 Å². The van der Waals surface area contributed by atoms with Crippen LogP contribution in [0.25, 0.3) is 0 Å². The number of carbonyl (C=O) groups is 2. The molecule has 2 atom stereocenters. The predicted octanol–water partition coefficient (Wildman–Crippen LogP) is 0.660. The molecule has 4 nitrogen and oxygen atoms in total. The van der Waals surface area contributed by atoms with Gasteiger partial charge in [-0.25, -0.2) is 0 Å². The van der Waals surface area contributed by atoms with E-state index in [2.05, 4.69) is 0 Å². The van der Waals surface area contributed by atoms with Gasteiger partial charge in [0.05, 0.1) is 18.4 Å². The summed E-state index contributed by atoms with van der Waals surface area (Å²) >= 11 is 0. The van der Waals surface area contributed by atoms with Crippen LogP contribution in [0.4, 0.5) is 0 Å². The Morgan fingerprint density at radius 1 is 1.83 bits per heavy atom. The van der Waals surface area contributed by atoms with Gasteiger partial charge in [-0.1, -0.05) is 6.92 Å². The summed E-state index contributed by atoms with van der Waals surface area (Å²) in [5.74, 6) is -2.25. The van der Waals surface area contributed by atoms with E-state index >= 15 is 0 Å². The molecule has 68 valence electrons. The highest BCUT2D eigenvalue weighted by atomic mass is 16.5. The zero-order chi connectivity index (χ0) is 9.14. The van der Waals surface area contributed by atoms with Crippen molar-refractivity contribution in [1.82, 2.24) is 0 Å². The van der Waals surface area contributed by atoms with Crippen LogP contribution >= 0.6 is 0 Å². The zero-order valence-corrected chi connectivity index (χ0v) is 6.95. The van der Waals surface area contributed by atoms with Crippen LogP contribution in [-0.4, -0.2) is 23.7 Å². The highest BCUT2D eigenvalue weighted by molar-refractivity contribution is 5.82. The summed E-state index contributed by atoms with van der Waals surface area (Å²) in [7, 11) is 0. The number of rotatable bonds is 3. The lowest BCUT2D eigenvalue weighted by Crippen LogP contribution is -2.26. The first-order valence-electron chi connectivity index (χ1n) is 4.06. The standard InChI is InChI=1S/C8H12O4/c1-2-5(7(9)10)6-3-4-12-8(6)11/h5-6H,2-4H2,1H3,(H,9,10). The molecular formula is C8H12O4. The van der Waals surface area contributed by atoms with Crippen LogP contribution in [-0.2, 0) is 14.3 Å². The van der Waals surface area contributed by atoms with Crippen molar-refractivity contribution >= 4 is 11.9 Å². The van der Waals surface area contributed by atoms with Crippen LogP contribution < -0.4 is 0 Å². The first-order valence-corrected chi connectivity index (χ1v) is 4.06. The highest BCUT2D eigenvalue weighted by Crippen LogP contribution is 2.25. The Morgan fingerprint density at radius 2 is 2.50 bits per heavy atom. The fourth-order valence-corrected chi connectivity index (χ4v) is 1.51. The minimum absolute atomic E-state index is 0.357. The minimum Gasteiger partial charge on any atom is -0.481 e. The summed E-state index contributed by atoms with van der Waals surface area (Å²) in [6, 6.07) is 0.